The number of hydrogen-bond acceptors (Lipinski definition) is 2. The lowest BCUT2D eigenvalue weighted by Crippen LogP contribution is -2.31. The fourth-order valence-corrected chi connectivity index (χ4v) is 6.68. The fourth-order valence-electron chi connectivity index (χ4n) is 6.68. The van der Waals surface area contributed by atoms with Crippen LogP contribution in [0.25, 0.3) is 49.3 Å². The Morgan fingerprint density at radius 2 is 1.46 bits per heavy atom. The van der Waals surface area contributed by atoms with Crippen LogP contribution < -0.4 is 4.74 Å². The van der Waals surface area contributed by atoms with Gasteiger partial charge in [0.15, 0.2) is 0 Å². The van der Waals surface area contributed by atoms with Crippen LogP contribution in [0.5, 0.6) is 5.75 Å². The van der Waals surface area contributed by atoms with Gasteiger partial charge in [-0.25, -0.2) is 0 Å². The van der Waals surface area contributed by atoms with Gasteiger partial charge in [-0.05, 0) is 67.4 Å². The summed E-state index contributed by atoms with van der Waals surface area (Å²) in [5.41, 5.74) is 7.14. The van der Waals surface area contributed by atoms with Crippen molar-refractivity contribution in [3.63, 3.8) is 0 Å². The molecule has 3 heterocycles. The van der Waals surface area contributed by atoms with E-state index in [1.807, 2.05) is 30.6 Å². The Hall–Kier alpha value is -4.83. The van der Waals surface area contributed by atoms with Gasteiger partial charge in [0.2, 0.25) is 0 Å². The second-order valence-corrected chi connectivity index (χ2v) is 11.1. The first-order valence-corrected chi connectivity index (χ1v) is 14.3. The highest BCUT2D eigenvalue weighted by Gasteiger charge is 2.34. The van der Waals surface area contributed by atoms with Gasteiger partial charge in [-0.2, -0.15) is 0 Å². The van der Waals surface area contributed by atoms with Gasteiger partial charge in [-0.3, -0.25) is 4.98 Å². The predicted octanol–water partition coefficient (Wildman–Crippen LogP) is 9.74. The third-order valence-corrected chi connectivity index (χ3v) is 9.18. The van der Waals surface area contributed by atoms with Crippen molar-refractivity contribution in [3.8, 4) is 11.4 Å². The van der Waals surface area contributed by atoms with Gasteiger partial charge in [0.1, 0.15) is 5.75 Å². The van der Waals surface area contributed by atoms with Crippen LogP contribution in [0.3, 0.4) is 0 Å². The van der Waals surface area contributed by atoms with Crippen LogP contribution in [0.15, 0.2) is 122 Å². The van der Waals surface area contributed by atoms with Crippen LogP contribution in [-0.2, 0) is 5.41 Å². The molecule has 7 aromatic rings. The smallest absolute Gasteiger partial charge is 0.126 e. The molecule has 2 atom stereocenters. The summed E-state index contributed by atoms with van der Waals surface area (Å²) in [6.07, 6.45) is 6.24. The van der Waals surface area contributed by atoms with E-state index in [1.54, 1.807) is 0 Å². The number of nitrogens with zero attached hydrogens (tertiary/aromatic N) is 3. The van der Waals surface area contributed by atoms with Crippen molar-refractivity contribution in [2.24, 2.45) is 0 Å². The van der Waals surface area contributed by atoms with Gasteiger partial charge in [0.25, 0.3) is 0 Å². The highest BCUT2D eigenvalue weighted by atomic mass is 16.5. The molecule has 0 spiro atoms. The molecule has 0 aliphatic rings. The molecule has 0 saturated carbocycles. The van der Waals surface area contributed by atoms with Gasteiger partial charge in [-0.1, -0.05) is 69.0 Å². The lowest BCUT2D eigenvalue weighted by Gasteiger charge is -2.37. The molecular weight excluding hydrogens is 502 g/mol. The maximum absolute atomic E-state index is 5.52. The molecule has 2 unspecified atom stereocenters. The highest BCUT2D eigenvalue weighted by molar-refractivity contribution is 6.18. The molecule has 4 nitrogen and oxygen atoms in total. The molecule has 0 bridgehead atoms. The number of aromatic nitrogens is 3. The predicted molar refractivity (Wildman–Crippen MR) is 171 cm³/mol. The number of para-hydroxylation sites is 2. The molecule has 0 amide bonds. The summed E-state index contributed by atoms with van der Waals surface area (Å²) < 4.78 is 10.4. The minimum Gasteiger partial charge on any atom is -0.466 e. The first-order chi connectivity index (χ1) is 20.0. The summed E-state index contributed by atoms with van der Waals surface area (Å²) in [4.78, 5) is 4.44. The lowest BCUT2D eigenvalue weighted by atomic mass is 9.74. The number of ether oxygens (including phenoxy) is 1. The van der Waals surface area contributed by atoms with Crippen LogP contribution in [-0.4, -0.2) is 14.1 Å². The maximum atomic E-state index is 5.52. The third-order valence-electron chi connectivity index (χ3n) is 9.18. The molecular formula is C37H33N3O. The monoisotopic (exact) mass is 535 g/mol. The van der Waals surface area contributed by atoms with Gasteiger partial charge in [-0.15, -0.1) is 0 Å². The molecule has 0 radical (unpaired) electrons. The van der Waals surface area contributed by atoms with E-state index in [9.17, 15) is 0 Å². The van der Waals surface area contributed by atoms with Crippen LogP contribution >= 0.6 is 0 Å². The first-order valence-electron chi connectivity index (χ1n) is 14.3. The second kappa shape index (κ2) is 9.67. The van der Waals surface area contributed by atoms with Crippen molar-refractivity contribution >= 4 is 43.6 Å². The van der Waals surface area contributed by atoms with Crippen LogP contribution in [0.2, 0.25) is 0 Å². The Bertz CT molecular complexity index is 2050. The molecule has 0 saturated heterocycles. The maximum Gasteiger partial charge on any atom is 0.126 e. The number of hydrogen-bond donors (Lipinski definition) is 0. The lowest BCUT2D eigenvalue weighted by molar-refractivity contribution is 0.313. The summed E-state index contributed by atoms with van der Waals surface area (Å²) in [5.74, 6) is 0.805. The Morgan fingerprint density at radius 1 is 0.805 bits per heavy atom. The molecule has 3 aromatic heterocycles. The SMILES string of the molecule is C=COc1ccc(C(C)(CC)C(C)n2c3ccccc3c3cc4c(cc32)c2ccccc2n4-c2cccnc2)cc1. The van der Waals surface area contributed by atoms with Crippen LogP contribution in [0.4, 0.5) is 0 Å². The van der Waals surface area contributed by atoms with Gasteiger partial charge < -0.3 is 13.9 Å². The summed E-state index contributed by atoms with van der Waals surface area (Å²) >= 11 is 0. The van der Waals surface area contributed by atoms with E-state index in [-0.39, 0.29) is 11.5 Å². The zero-order valence-electron chi connectivity index (χ0n) is 23.7. The minimum absolute atomic E-state index is 0.111. The van der Waals surface area contributed by atoms with E-state index in [0.717, 1.165) is 17.9 Å². The number of rotatable bonds is 7. The quantitative estimate of drug-likeness (QED) is 0.190. The molecule has 0 aliphatic heterocycles. The Morgan fingerprint density at radius 3 is 2.15 bits per heavy atom. The standard InChI is InChI=1S/C37H33N3O/c1-5-37(4,26-17-19-28(20-18-26)41-6-2)25(3)39-33-15-9-7-13-29(33)31-23-36-32(22-35(31)39)30-14-8-10-16-34(30)40(36)27-12-11-21-38-24-27/h6-25H,2,5H2,1,3-4H3. The highest BCUT2D eigenvalue weighted by Crippen LogP contribution is 2.45. The molecule has 4 aromatic carbocycles. The molecule has 4 heteroatoms. The first kappa shape index (κ1) is 25.2. The van der Waals surface area contributed by atoms with Crippen molar-refractivity contribution in [3.05, 3.63) is 128 Å². The zero-order chi connectivity index (χ0) is 28.1. The van der Waals surface area contributed by atoms with E-state index < -0.39 is 0 Å². The van der Waals surface area contributed by atoms with E-state index in [1.165, 1.54) is 55.4 Å². The number of benzene rings is 4. The summed E-state index contributed by atoms with van der Waals surface area (Å²) in [5, 5.41) is 5.03. The normalized spacial score (nSPS) is 14.0. The van der Waals surface area contributed by atoms with Crippen molar-refractivity contribution < 1.29 is 4.74 Å². The van der Waals surface area contributed by atoms with Crippen molar-refractivity contribution in [1.82, 2.24) is 14.1 Å². The second-order valence-electron chi connectivity index (χ2n) is 11.1. The largest absolute Gasteiger partial charge is 0.466 e. The van der Waals surface area contributed by atoms with Crippen LogP contribution in [0.1, 0.15) is 38.8 Å². The summed E-state index contributed by atoms with van der Waals surface area (Å²) in [7, 11) is 0. The molecule has 7 rings (SSSR count). The van der Waals surface area contributed by atoms with Crippen molar-refractivity contribution in [2.45, 2.75) is 38.6 Å². The number of fused-ring (bicyclic) bond motifs is 6. The van der Waals surface area contributed by atoms with Crippen molar-refractivity contribution in [2.75, 3.05) is 0 Å². The van der Waals surface area contributed by atoms with E-state index in [0.29, 0.717) is 0 Å². The summed E-state index contributed by atoms with van der Waals surface area (Å²) in [6.45, 7) is 10.7. The average molecular weight is 536 g/mol. The topological polar surface area (TPSA) is 32.0 Å². The fraction of sp³-hybridized carbons (Fsp3) is 0.162. The molecule has 41 heavy (non-hydrogen) atoms. The Balaban J connectivity index is 1.52. The van der Waals surface area contributed by atoms with Crippen LogP contribution in [0, 0.1) is 0 Å². The van der Waals surface area contributed by atoms with E-state index >= 15 is 0 Å². The number of pyridine rings is 1. The van der Waals surface area contributed by atoms with Crippen molar-refractivity contribution in [1.29, 1.82) is 0 Å². The van der Waals surface area contributed by atoms with Gasteiger partial charge in [0, 0.05) is 44.7 Å². The molecule has 202 valence electrons. The van der Waals surface area contributed by atoms with E-state index in [2.05, 4.69) is 120 Å². The van der Waals surface area contributed by atoms with Gasteiger partial charge >= 0.3 is 0 Å². The molecule has 0 N–H and O–H groups in total. The minimum atomic E-state index is -0.111. The van der Waals surface area contributed by atoms with Gasteiger partial charge in [0.05, 0.1) is 34.7 Å². The Kier molecular flexibility index (Phi) is 5.93. The molecule has 0 aliphatic carbocycles. The summed E-state index contributed by atoms with van der Waals surface area (Å²) in [6, 6.07) is 35.1. The third kappa shape index (κ3) is 3.78. The Labute approximate surface area is 240 Å². The van der Waals surface area contributed by atoms with E-state index in [4.69, 9.17) is 4.74 Å². The average Bonchev–Trinajstić information content (AvgIpc) is 3.52. The molecule has 0 fully saturated rings. The zero-order valence-corrected chi connectivity index (χ0v) is 23.7.